The Labute approximate surface area is 144 Å². The van der Waals surface area contributed by atoms with Gasteiger partial charge in [0, 0.05) is 19.1 Å². The zero-order valence-electron chi connectivity index (χ0n) is 14.5. The first-order valence-electron chi connectivity index (χ1n) is 8.28. The van der Waals surface area contributed by atoms with E-state index in [0.29, 0.717) is 30.3 Å². The average molecular weight is 354 g/mol. The molecule has 0 bridgehead atoms. The topological polar surface area (TPSA) is 75.7 Å². The summed E-state index contributed by atoms with van der Waals surface area (Å²) in [7, 11) is -2.29. The number of piperidine rings is 1. The number of aryl methyl sites for hydroxylation is 1. The fraction of sp³-hybridized carbons (Fsp3) is 0.588. The lowest BCUT2D eigenvalue weighted by Gasteiger charge is -2.33. The Bertz CT molecular complexity index is 688. The van der Waals surface area contributed by atoms with Crippen LogP contribution >= 0.6 is 0 Å². The molecule has 1 atom stereocenters. The van der Waals surface area contributed by atoms with Crippen LogP contribution in [0, 0.1) is 6.92 Å². The van der Waals surface area contributed by atoms with Gasteiger partial charge in [-0.1, -0.05) is 6.42 Å². The summed E-state index contributed by atoms with van der Waals surface area (Å²) in [5, 5.41) is 0. The average Bonchev–Trinajstić information content (AvgIpc) is 2.55. The van der Waals surface area contributed by atoms with E-state index in [1.807, 2.05) is 0 Å². The zero-order chi connectivity index (χ0) is 17.7. The summed E-state index contributed by atoms with van der Waals surface area (Å²) >= 11 is 0. The van der Waals surface area contributed by atoms with Gasteiger partial charge in [0.25, 0.3) is 0 Å². The minimum absolute atomic E-state index is 0.196. The van der Waals surface area contributed by atoms with Crippen LogP contribution < -0.4 is 4.72 Å². The first-order valence-corrected chi connectivity index (χ1v) is 9.76. The van der Waals surface area contributed by atoms with Gasteiger partial charge in [-0.2, -0.15) is 0 Å². The van der Waals surface area contributed by atoms with E-state index in [1.54, 1.807) is 6.92 Å². The highest BCUT2D eigenvalue weighted by molar-refractivity contribution is 7.89. The maximum atomic E-state index is 12.5. The van der Waals surface area contributed by atoms with Crippen LogP contribution in [0.15, 0.2) is 23.1 Å². The second-order valence-corrected chi connectivity index (χ2v) is 7.99. The van der Waals surface area contributed by atoms with E-state index in [2.05, 4.69) is 21.3 Å². The third-order valence-electron chi connectivity index (χ3n) is 4.52. The van der Waals surface area contributed by atoms with E-state index in [1.165, 1.54) is 44.6 Å². The number of sulfonamides is 1. The van der Waals surface area contributed by atoms with Crippen molar-refractivity contribution in [2.24, 2.45) is 0 Å². The van der Waals surface area contributed by atoms with Crippen molar-refractivity contribution in [3.63, 3.8) is 0 Å². The number of methoxy groups -OCH3 is 1. The van der Waals surface area contributed by atoms with Crippen LogP contribution in [0.25, 0.3) is 0 Å². The third-order valence-corrected chi connectivity index (χ3v) is 6.14. The van der Waals surface area contributed by atoms with Crippen molar-refractivity contribution in [2.45, 2.75) is 44.0 Å². The smallest absolute Gasteiger partial charge is 0.337 e. The van der Waals surface area contributed by atoms with Gasteiger partial charge in [-0.15, -0.1) is 0 Å². The van der Waals surface area contributed by atoms with Crippen LogP contribution in [0.2, 0.25) is 0 Å². The molecule has 0 aromatic heterocycles. The molecule has 0 spiro atoms. The lowest BCUT2D eigenvalue weighted by Crippen LogP contribution is -2.42. The lowest BCUT2D eigenvalue weighted by molar-refractivity contribution is 0.0600. The monoisotopic (exact) mass is 354 g/mol. The van der Waals surface area contributed by atoms with Crippen LogP contribution in [-0.4, -0.2) is 52.1 Å². The fourth-order valence-electron chi connectivity index (χ4n) is 3.09. The Balaban J connectivity index is 2.00. The molecule has 0 saturated carbocycles. The second kappa shape index (κ2) is 8.09. The Morgan fingerprint density at radius 1 is 1.38 bits per heavy atom. The molecule has 1 aromatic rings. The highest BCUT2D eigenvalue weighted by atomic mass is 32.2. The Morgan fingerprint density at radius 3 is 2.75 bits per heavy atom. The molecule has 1 heterocycles. The number of esters is 1. The number of likely N-dealkylation sites (tertiary alicyclic amines) is 1. The molecule has 0 aliphatic carbocycles. The van der Waals surface area contributed by atoms with Crippen molar-refractivity contribution in [1.29, 1.82) is 0 Å². The molecule has 2 rings (SSSR count). The van der Waals surface area contributed by atoms with Gasteiger partial charge in [-0.25, -0.2) is 17.9 Å². The summed E-state index contributed by atoms with van der Waals surface area (Å²) in [6.45, 7) is 5.97. The van der Waals surface area contributed by atoms with E-state index in [-0.39, 0.29) is 4.90 Å². The number of benzene rings is 1. The number of nitrogens with zero attached hydrogens (tertiary/aromatic N) is 1. The van der Waals surface area contributed by atoms with E-state index in [9.17, 15) is 13.2 Å². The predicted molar refractivity (Wildman–Crippen MR) is 92.6 cm³/mol. The molecule has 1 aliphatic rings. The SMILES string of the molecule is COC(=O)c1ccc(S(=O)(=O)NCCN2CCCCC2C)c(C)c1. The van der Waals surface area contributed by atoms with Gasteiger partial charge in [-0.05, 0) is 57.0 Å². The first kappa shape index (κ1) is 18.9. The summed E-state index contributed by atoms with van der Waals surface area (Å²) in [5.41, 5.74) is 0.868. The van der Waals surface area contributed by atoms with E-state index in [4.69, 9.17) is 0 Å². The fourth-order valence-corrected chi connectivity index (χ4v) is 4.33. The predicted octanol–water partition coefficient (Wildman–Crippen LogP) is 1.93. The molecule has 1 aliphatic heterocycles. The minimum atomic E-state index is -3.59. The zero-order valence-corrected chi connectivity index (χ0v) is 15.4. The molecule has 0 radical (unpaired) electrons. The number of rotatable bonds is 6. The normalized spacial score (nSPS) is 19.2. The molecular formula is C17H26N2O4S. The number of carbonyl (C=O) groups is 1. The van der Waals surface area contributed by atoms with E-state index < -0.39 is 16.0 Å². The summed E-state index contributed by atoms with van der Waals surface area (Å²) in [6, 6.07) is 4.96. The van der Waals surface area contributed by atoms with Crippen molar-refractivity contribution < 1.29 is 17.9 Å². The number of ether oxygens (including phenoxy) is 1. The van der Waals surface area contributed by atoms with Gasteiger partial charge in [-0.3, -0.25) is 4.90 Å². The second-order valence-electron chi connectivity index (χ2n) is 6.25. The van der Waals surface area contributed by atoms with Crippen molar-refractivity contribution in [2.75, 3.05) is 26.7 Å². The number of carbonyl (C=O) groups excluding carboxylic acids is 1. The van der Waals surface area contributed by atoms with Crippen molar-refractivity contribution in [3.05, 3.63) is 29.3 Å². The largest absolute Gasteiger partial charge is 0.465 e. The molecule has 24 heavy (non-hydrogen) atoms. The maximum absolute atomic E-state index is 12.5. The summed E-state index contributed by atoms with van der Waals surface area (Å²) in [4.78, 5) is 14.0. The molecule has 0 amide bonds. The molecule has 1 unspecified atom stereocenters. The number of hydrogen-bond acceptors (Lipinski definition) is 5. The van der Waals surface area contributed by atoms with Gasteiger partial charge in [0.2, 0.25) is 10.0 Å². The molecule has 1 aromatic carbocycles. The van der Waals surface area contributed by atoms with Crippen LogP contribution in [0.1, 0.15) is 42.1 Å². The van der Waals surface area contributed by atoms with Gasteiger partial charge < -0.3 is 4.74 Å². The van der Waals surface area contributed by atoms with Crippen molar-refractivity contribution in [1.82, 2.24) is 9.62 Å². The maximum Gasteiger partial charge on any atom is 0.337 e. The first-order chi connectivity index (χ1) is 11.3. The Hall–Kier alpha value is -1.44. The van der Waals surface area contributed by atoms with Crippen LogP contribution in [0.4, 0.5) is 0 Å². The Morgan fingerprint density at radius 2 is 2.12 bits per heavy atom. The molecule has 7 heteroatoms. The number of nitrogens with one attached hydrogen (secondary N) is 1. The van der Waals surface area contributed by atoms with Crippen molar-refractivity contribution >= 4 is 16.0 Å². The quantitative estimate of drug-likeness (QED) is 0.790. The Kier molecular flexibility index (Phi) is 6.37. The summed E-state index contributed by atoms with van der Waals surface area (Å²) < 4.78 is 32.3. The van der Waals surface area contributed by atoms with Gasteiger partial charge >= 0.3 is 5.97 Å². The van der Waals surface area contributed by atoms with Crippen LogP contribution in [-0.2, 0) is 14.8 Å². The molecule has 6 nitrogen and oxygen atoms in total. The van der Waals surface area contributed by atoms with Crippen LogP contribution in [0.3, 0.4) is 0 Å². The highest BCUT2D eigenvalue weighted by Gasteiger charge is 2.21. The number of hydrogen-bond donors (Lipinski definition) is 1. The third kappa shape index (κ3) is 4.55. The van der Waals surface area contributed by atoms with Gasteiger partial charge in [0.15, 0.2) is 0 Å². The van der Waals surface area contributed by atoms with Gasteiger partial charge in [0.1, 0.15) is 0 Å². The molecule has 1 N–H and O–H groups in total. The van der Waals surface area contributed by atoms with E-state index >= 15 is 0 Å². The lowest BCUT2D eigenvalue weighted by atomic mass is 10.0. The molecule has 1 fully saturated rings. The van der Waals surface area contributed by atoms with Crippen molar-refractivity contribution in [3.8, 4) is 0 Å². The highest BCUT2D eigenvalue weighted by Crippen LogP contribution is 2.18. The summed E-state index contributed by atoms with van der Waals surface area (Å²) in [6.07, 6.45) is 3.58. The minimum Gasteiger partial charge on any atom is -0.465 e. The summed E-state index contributed by atoms with van der Waals surface area (Å²) in [5.74, 6) is -0.478. The molecule has 1 saturated heterocycles. The molecular weight excluding hydrogens is 328 g/mol. The standard InChI is InChI=1S/C17H26N2O4S/c1-13-12-15(17(20)23-3)7-8-16(13)24(21,22)18-9-11-19-10-5-4-6-14(19)2/h7-8,12,14,18H,4-6,9-11H2,1-3H3. The molecule has 134 valence electrons. The van der Waals surface area contributed by atoms with Gasteiger partial charge in [0.05, 0.1) is 17.6 Å². The van der Waals surface area contributed by atoms with E-state index in [0.717, 1.165) is 6.54 Å². The van der Waals surface area contributed by atoms with Crippen LogP contribution in [0.5, 0.6) is 0 Å².